The van der Waals surface area contributed by atoms with Gasteiger partial charge in [0.25, 0.3) is 5.91 Å². The molecule has 0 aliphatic rings. The van der Waals surface area contributed by atoms with Gasteiger partial charge in [-0.3, -0.25) is 4.79 Å². The van der Waals surface area contributed by atoms with Crippen LogP contribution in [0.3, 0.4) is 0 Å². The summed E-state index contributed by atoms with van der Waals surface area (Å²) < 4.78 is 30.8. The number of anilines is 1. The number of hydrogen-bond acceptors (Lipinski definition) is 3. The minimum absolute atomic E-state index is 0.0255. The molecule has 2 aromatic heterocycles. The summed E-state index contributed by atoms with van der Waals surface area (Å²) in [4.78, 5) is 12.8. The Bertz CT molecular complexity index is 1170. The molecule has 6 nitrogen and oxygen atoms in total. The lowest BCUT2D eigenvalue weighted by Crippen LogP contribution is -2.17. The molecule has 2 heterocycles. The van der Waals surface area contributed by atoms with Gasteiger partial charge in [-0.2, -0.15) is 0 Å². The van der Waals surface area contributed by atoms with Crippen molar-refractivity contribution < 1.29 is 13.6 Å². The Morgan fingerprint density at radius 1 is 1.07 bits per heavy atom. The highest BCUT2D eigenvalue weighted by Gasteiger charge is 2.22. The quantitative estimate of drug-likeness (QED) is 0.558. The fraction of sp³-hybridized carbons (Fsp3) is 0.0952. The maximum atomic E-state index is 14.1. The van der Waals surface area contributed by atoms with Gasteiger partial charge < -0.3 is 9.88 Å². The van der Waals surface area contributed by atoms with Crippen LogP contribution in [-0.2, 0) is 6.54 Å². The molecule has 8 heteroatoms. The first kappa shape index (κ1) is 18.5. The number of aromatic nitrogens is 4. The number of rotatable bonds is 5. The molecule has 0 aliphatic carbocycles. The summed E-state index contributed by atoms with van der Waals surface area (Å²) in [5, 5.41) is 10.6. The van der Waals surface area contributed by atoms with Gasteiger partial charge in [0, 0.05) is 12.4 Å². The lowest BCUT2D eigenvalue weighted by molar-refractivity contribution is 0.102. The first-order valence-corrected chi connectivity index (χ1v) is 8.90. The van der Waals surface area contributed by atoms with Gasteiger partial charge in [0.2, 0.25) is 0 Å². The second kappa shape index (κ2) is 7.67. The van der Waals surface area contributed by atoms with Gasteiger partial charge in [-0.25, -0.2) is 13.5 Å². The van der Waals surface area contributed by atoms with E-state index in [9.17, 15) is 13.6 Å². The number of benzene rings is 2. The molecule has 0 radical (unpaired) electrons. The highest BCUT2D eigenvalue weighted by atomic mass is 19.1. The third kappa shape index (κ3) is 3.91. The second-order valence-electron chi connectivity index (χ2n) is 6.58. The van der Waals surface area contributed by atoms with Crippen molar-refractivity contribution in [2.24, 2.45) is 0 Å². The summed E-state index contributed by atoms with van der Waals surface area (Å²) in [5.74, 6) is -1.10. The molecule has 0 bridgehead atoms. The highest BCUT2D eigenvalue weighted by molar-refractivity contribution is 6.05. The molecular formula is C21H17F2N5O. The predicted octanol–water partition coefficient (Wildman–Crippen LogP) is 3.96. The van der Waals surface area contributed by atoms with Crippen LogP contribution in [0.15, 0.2) is 67.0 Å². The molecule has 0 unspecified atom stereocenters. The smallest absolute Gasteiger partial charge is 0.280 e. The molecule has 2 aromatic carbocycles. The van der Waals surface area contributed by atoms with Crippen LogP contribution in [0.4, 0.5) is 14.5 Å². The van der Waals surface area contributed by atoms with E-state index in [0.29, 0.717) is 11.4 Å². The van der Waals surface area contributed by atoms with E-state index in [0.717, 1.165) is 5.56 Å². The van der Waals surface area contributed by atoms with Crippen LogP contribution in [0.2, 0.25) is 0 Å². The molecule has 0 saturated carbocycles. The van der Waals surface area contributed by atoms with Crippen molar-refractivity contribution in [3.05, 3.63) is 95.4 Å². The van der Waals surface area contributed by atoms with Crippen LogP contribution < -0.4 is 5.32 Å². The predicted molar refractivity (Wildman–Crippen MR) is 104 cm³/mol. The first-order valence-electron chi connectivity index (χ1n) is 8.90. The Morgan fingerprint density at radius 2 is 1.86 bits per heavy atom. The van der Waals surface area contributed by atoms with Gasteiger partial charge in [0.1, 0.15) is 11.6 Å². The molecule has 0 aliphatic heterocycles. The minimum Gasteiger partial charge on any atom is -0.318 e. The monoisotopic (exact) mass is 393 g/mol. The Morgan fingerprint density at radius 3 is 2.59 bits per heavy atom. The van der Waals surface area contributed by atoms with E-state index in [2.05, 4.69) is 15.6 Å². The van der Waals surface area contributed by atoms with Crippen molar-refractivity contribution in [2.45, 2.75) is 13.5 Å². The van der Waals surface area contributed by atoms with Crippen LogP contribution >= 0.6 is 0 Å². The number of hydrogen-bond donors (Lipinski definition) is 1. The maximum absolute atomic E-state index is 14.1. The van der Waals surface area contributed by atoms with Crippen molar-refractivity contribution in [1.82, 2.24) is 19.6 Å². The van der Waals surface area contributed by atoms with Gasteiger partial charge in [0.05, 0.1) is 12.2 Å². The van der Waals surface area contributed by atoms with Crippen LogP contribution in [0, 0.1) is 18.6 Å². The van der Waals surface area contributed by atoms with Crippen molar-refractivity contribution in [3.8, 4) is 5.82 Å². The van der Waals surface area contributed by atoms with Crippen LogP contribution in [0.25, 0.3) is 5.82 Å². The van der Waals surface area contributed by atoms with E-state index in [1.807, 2.05) is 0 Å². The first-order chi connectivity index (χ1) is 14.0. The normalized spacial score (nSPS) is 10.9. The Balaban J connectivity index is 1.70. The second-order valence-corrected chi connectivity index (χ2v) is 6.58. The molecule has 0 saturated heterocycles. The van der Waals surface area contributed by atoms with Crippen molar-refractivity contribution >= 4 is 11.6 Å². The fourth-order valence-electron chi connectivity index (χ4n) is 3.00. The van der Waals surface area contributed by atoms with Crippen LogP contribution in [0.5, 0.6) is 0 Å². The molecule has 0 fully saturated rings. The topological polar surface area (TPSA) is 64.7 Å². The van der Waals surface area contributed by atoms with Crippen molar-refractivity contribution in [3.63, 3.8) is 0 Å². The van der Waals surface area contributed by atoms with Gasteiger partial charge >= 0.3 is 0 Å². The third-order valence-electron chi connectivity index (χ3n) is 4.37. The summed E-state index contributed by atoms with van der Waals surface area (Å²) in [7, 11) is 0. The van der Waals surface area contributed by atoms with Crippen molar-refractivity contribution in [2.75, 3.05) is 5.32 Å². The van der Waals surface area contributed by atoms with Crippen LogP contribution in [-0.4, -0.2) is 25.5 Å². The molecule has 0 spiro atoms. The largest absolute Gasteiger partial charge is 0.318 e. The average molecular weight is 393 g/mol. The average Bonchev–Trinajstić information content (AvgIpc) is 3.33. The number of carbonyl (C=O) groups excluding carboxylic acids is 1. The summed E-state index contributed by atoms with van der Waals surface area (Å²) >= 11 is 0. The zero-order chi connectivity index (χ0) is 20.4. The van der Waals surface area contributed by atoms with E-state index in [1.165, 1.54) is 28.9 Å². The minimum atomic E-state index is -0.595. The van der Waals surface area contributed by atoms with Gasteiger partial charge in [-0.05, 0) is 54.4 Å². The Hall–Kier alpha value is -3.81. The van der Waals surface area contributed by atoms with Crippen LogP contribution in [0.1, 0.15) is 21.6 Å². The Labute approximate surface area is 165 Å². The standard InChI is InChI=1S/C21H17F2N5O/c1-14-7-8-18(17(23)11-14)24-20(29)19-21(27-9-2-3-10-27)28(26-25-19)13-15-5-4-6-16(22)12-15/h2-12H,13H2,1H3,(H,24,29). The highest BCUT2D eigenvalue weighted by Crippen LogP contribution is 2.19. The molecule has 4 aromatic rings. The fourth-order valence-corrected chi connectivity index (χ4v) is 3.00. The number of amides is 1. The van der Waals surface area contributed by atoms with Gasteiger partial charge in [-0.15, -0.1) is 5.10 Å². The van der Waals surface area contributed by atoms with E-state index in [-0.39, 0.29) is 23.7 Å². The van der Waals surface area contributed by atoms with E-state index < -0.39 is 11.7 Å². The summed E-state index contributed by atoms with van der Waals surface area (Å²) in [6.07, 6.45) is 3.48. The Kier molecular flexibility index (Phi) is 4.90. The number of nitrogens with one attached hydrogen (secondary N) is 1. The SMILES string of the molecule is Cc1ccc(NC(=O)c2nnn(Cc3cccc(F)c3)c2-n2cccc2)c(F)c1. The van der Waals surface area contributed by atoms with E-state index in [4.69, 9.17) is 0 Å². The summed E-state index contributed by atoms with van der Waals surface area (Å²) in [5.41, 5.74) is 1.49. The molecule has 1 amide bonds. The number of halogens is 2. The van der Waals surface area contributed by atoms with E-state index >= 15 is 0 Å². The summed E-state index contributed by atoms with van der Waals surface area (Å²) in [6, 6.07) is 14.2. The molecule has 1 N–H and O–H groups in total. The zero-order valence-electron chi connectivity index (χ0n) is 15.5. The van der Waals surface area contributed by atoms with Gasteiger partial charge in [-0.1, -0.05) is 23.4 Å². The summed E-state index contributed by atoms with van der Waals surface area (Å²) in [6.45, 7) is 1.97. The number of aryl methyl sites for hydroxylation is 1. The van der Waals surface area contributed by atoms with Crippen molar-refractivity contribution in [1.29, 1.82) is 0 Å². The lowest BCUT2D eigenvalue weighted by Gasteiger charge is -2.10. The molecular weight excluding hydrogens is 376 g/mol. The number of nitrogens with zero attached hydrogens (tertiary/aromatic N) is 4. The van der Waals surface area contributed by atoms with Gasteiger partial charge in [0.15, 0.2) is 11.5 Å². The molecule has 0 atom stereocenters. The molecule has 4 rings (SSSR count). The van der Waals surface area contributed by atoms with E-state index in [1.54, 1.807) is 54.2 Å². The molecule has 29 heavy (non-hydrogen) atoms. The maximum Gasteiger partial charge on any atom is 0.280 e. The number of carbonyl (C=O) groups is 1. The molecule has 146 valence electrons. The lowest BCUT2D eigenvalue weighted by atomic mass is 10.2. The zero-order valence-corrected chi connectivity index (χ0v) is 15.5. The third-order valence-corrected chi connectivity index (χ3v) is 4.37.